The average molecular weight is 288 g/mol. The number of benzene rings is 1. The minimum atomic E-state index is -0.174. The monoisotopic (exact) mass is 287 g/mol. The Morgan fingerprint density at radius 3 is 2.83 bits per heavy atom. The quantitative estimate of drug-likeness (QED) is 0.834. The van der Waals surface area contributed by atoms with Crippen molar-refractivity contribution in [1.29, 1.82) is 0 Å². The van der Waals surface area contributed by atoms with Crippen LogP contribution in [0.2, 0.25) is 10.0 Å². The summed E-state index contributed by atoms with van der Waals surface area (Å²) in [4.78, 5) is 13.7. The first kappa shape index (κ1) is 13.5. The number of hydrogen-bond acceptors (Lipinski definition) is 2. The highest BCUT2D eigenvalue weighted by atomic mass is 35.5. The highest BCUT2D eigenvalue weighted by Crippen LogP contribution is 2.31. The molecule has 1 aromatic carbocycles. The Labute approximate surface area is 116 Å². The minimum Gasteiger partial charge on any atom is -0.326 e. The van der Waals surface area contributed by atoms with Gasteiger partial charge in [0.05, 0.1) is 10.7 Å². The zero-order valence-electron chi connectivity index (χ0n) is 10.0. The van der Waals surface area contributed by atoms with Gasteiger partial charge in [-0.2, -0.15) is 0 Å². The number of nitrogens with zero attached hydrogens (tertiary/aromatic N) is 1. The topological polar surface area (TPSA) is 58.4 Å². The van der Waals surface area contributed by atoms with Crippen molar-refractivity contribution in [3.05, 3.63) is 27.7 Å². The van der Waals surface area contributed by atoms with Crippen molar-refractivity contribution in [3.8, 4) is 0 Å². The number of hydrogen-bond donors (Lipinski definition) is 2. The molecule has 1 atom stereocenters. The summed E-state index contributed by atoms with van der Waals surface area (Å²) in [6.07, 6.45) is 0.834. The molecule has 1 aliphatic rings. The fourth-order valence-electron chi connectivity index (χ4n) is 1.92. The van der Waals surface area contributed by atoms with Gasteiger partial charge in [-0.3, -0.25) is 0 Å². The lowest BCUT2D eigenvalue weighted by Crippen LogP contribution is -2.35. The van der Waals surface area contributed by atoms with E-state index < -0.39 is 0 Å². The Bertz CT molecular complexity index is 479. The number of halogens is 2. The highest BCUT2D eigenvalue weighted by molar-refractivity contribution is 6.38. The standard InChI is InChI=1S/C12H15Cl2N3O/c1-7-9(13)2-3-10(11(7)14)16-12(18)17-5-4-8(15)6-17/h2-3,8H,4-6,15H2,1H3,(H,16,18). The molecule has 0 radical (unpaired) electrons. The van der Waals surface area contributed by atoms with Crippen LogP contribution >= 0.6 is 23.2 Å². The SMILES string of the molecule is Cc1c(Cl)ccc(NC(=O)N2CCC(N)C2)c1Cl. The second-order valence-electron chi connectivity index (χ2n) is 4.46. The molecule has 2 rings (SSSR count). The predicted molar refractivity (Wildman–Crippen MR) is 74.4 cm³/mol. The van der Waals surface area contributed by atoms with Gasteiger partial charge in [0.15, 0.2) is 0 Å². The van der Waals surface area contributed by atoms with Crippen LogP contribution in [0.5, 0.6) is 0 Å². The molecule has 0 aromatic heterocycles. The summed E-state index contributed by atoms with van der Waals surface area (Å²) < 4.78 is 0. The van der Waals surface area contributed by atoms with E-state index in [9.17, 15) is 4.79 Å². The molecule has 0 spiro atoms. The molecule has 0 saturated carbocycles. The number of carbonyl (C=O) groups excluding carboxylic acids is 1. The average Bonchev–Trinajstić information content (AvgIpc) is 2.77. The van der Waals surface area contributed by atoms with Crippen molar-refractivity contribution in [2.24, 2.45) is 5.73 Å². The summed E-state index contributed by atoms with van der Waals surface area (Å²) >= 11 is 12.1. The number of nitrogens with one attached hydrogen (secondary N) is 1. The molecular formula is C12H15Cl2N3O. The Hall–Kier alpha value is -0.970. The smallest absolute Gasteiger partial charge is 0.321 e. The van der Waals surface area contributed by atoms with Crippen molar-refractivity contribution in [3.63, 3.8) is 0 Å². The molecule has 0 bridgehead atoms. The van der Waals surface area contributed by atoms with Crippen LogP contribution in [0, 0.1) is 6.92 Å². The van der Waals surface area contributed by atoms with Gasteiger partial charge in [0.2, 0.25) is 0 Å². The van der Waals surface area contributed by atoms with Crippen LogP contribution < -0.4 is 11.1 Å². The first-order chi connectivity index (χ1) is 8.49. The summed E-state index contributed by atoms with van der Waals surface area (Å²) in [5.74, 6) is 0. The van der Waals surface area contributed by atoms with E-state index in [2.05, 4.69) is 5.32 Å². The first-order valence-electron chi connectivity index (χ1n) is 5.75. The highest BCUT2D eigenvalue weighted by Gasteiger charge is 2.24. The third kappa shape index (κ3) is 2.71. The van der Waals surface area contributed by atoms with E-state index in [1.54, 1.807) is 17.0 Å². The molecule has 18 heavy (non-hydrogen) atoms. The number of urea groups is 1. The predicted octanol–water partition coefficient (Wildman–Crippen LogP) is 2.87. The van der Waals surface area contributed by atoms with Gasteiger partial charge in [-0.05, 0) is 31.0 Å². The van der Waals surface area contributed by atoms with E-state index >= 15 is 0 Å². The molecule has 1 unspecified atom stereocenters. The lowest BCUT2D eigenvalue weighted by Gasteiger charge is -2.18. The van der Waals surface area contributed by atoms with E-state index in [1.807, 2.05) is 6.92 Å². The Kier molecular flexibility index (Phi) is 4.00. The number of carbonyl (C=O) groups is 1. The number of anilines is 1. The van der Waals surface area contributed by atoms with E-state index in [0.717, 1.165) is 12.0 Å². The summed E-state index contributed by atoms with van der Waals surface area (Å²) in [6.45, 7) is 3.07. The van der Waals surface area contributed by atoms with Crippen LogP contribution in [0.1, 0.15) is 12.0 Å². The molecule has 0 aliphatic carbocycles. The van der Waals surface area contributed by atoms with E-state index in [1.165, 1.54) is 0 Å². The molecular weight excluding hydrogens is 273 g/mol. The largest absolute Gasteiger partial charge is 0.326 e. The van der Waals surface area contributed by atoms with Crippen molar-refractivity contribution in [1.82, 2.24) is 4.90 Å². The molecule has 1 saturated heterocycles. The van der Waals surface area contributed by atoms with E-state index in [4.69, 9.17) is 28.9 Å². The second-order valence-corrected chi connectivity index (χ2v) is 5.24. The van der Waals surface area contributed by atoms with Gasteiger partial charge in [0, 0.05) is 24.2 Å². The number of nitrogens with two attached hydrogens (primary N) is 1. The van der Waals surface area contributed by atoms with Gasteiger partial charge in [0.1, 0.15) is 0 Å². The van der Waals surface area contributed by atoms with Crippen molar-refractivity contribution >= 4 is 34.9 Å². The van der Waals surface area contributed by atoms with Gasteiger partial charge in [-0.1, -0.05) is 23.2 Å². The lowest BCUT2D eigenvalue weighted by atomic mass is 10.2. The van der Waals surface area contributed by atoms with Crippen LogP contribution in [0.25, 0.3) is 0 Å². The van der Waals surface area contributed by atoms with Crippen LogP contribution in [0.15, 0.2) is 12.1 Å². The zero-order chi connectivity index (χ0) is 13.3. The van der Waals surface area contributed by atoms with Crippen LogP contribution in [-0.4, -0.2) is 30.1 Å². The molecule has 4 nitrogen and oxygen atoms in total. The van der Waals surface area contributed by atoms with Crippen LogP contribution in [0.4, 0.5) is 10.5 Å². The Morgan fingerprint density at radius 1 is 1.50 bits per heavy atom. The molecule has 98 valence electrons. The Morgan fingerprint density at radius 2 is 2.22 bits per heavy atom. The summed E-state index contributed by atoms with van der Waals surface area (Å²) in [6, 6.07) is 3.31. The van der Waals surface area contributed by atoms with Gasteiger partial charge in [0.25, 0.3) is 0 Å². The zero-order valence-corrected chi connectivity index (χ0v) is 11.6. The molecule has 1 aliphatic heterocycles. The summed E-state index contributed by atoms with van der Waals surface area (Å²) in [5.41, 5.74) is 7.10. The first-order valence-corrected chi connectivity index (χ1v) is 6.50. The van der Waals surface area contributed by atoms with Crippen molar-refractivity contribution < 1.29 is 4.79 Å². The number of likely N-dealkylation sites (tertiary alicyclic amines) is 1. The molecule has 3 N–H and O–H groups in total. The van der Waals surface area contributed by atoms with Gasteiger partial charge >= 0.3 is 6.03 Å². The van der Waals surface area contributed by atoms with Gasteiger partial charge in [-0.25, -0.2) is 4.79 Å². The summed E-state index contributed by atoms with van der Waals surface area (Å²) in [5, 5.41) is 3.84. The molecule has 2 amide bonds. The maximum Gasteiger partial charge on any atom is 0.321 e. The fourth-order valence-corrected chi connectivity index (χ4v) is 2.34. The number of rotatable bonds is 1. The normalized spacial score (nSPS) is 19.1. The molecule has 1 fully saturated rings. The van der Waals surface area contributed by atoms with Crippen molar-refractivity contribution in [2.45, 2.75) is 19.4 Å². The van der Waals surface area contributed by atoms with Crippen LogP contribution in [0.3, 0.4) is 0 Å². The van der Waals surface area contributed by atoms with Gasteiger partial charge < -0.3 is 16.0 Å². The Balaban J connectivity index is 2.10. The molecule has 1 heterocycles. The molecule has 1 aromatic rings. The number of amides is 2. The maximum absolute atomic E-state index is 12.0. The third-order valence-electron chi connectivity index (χ3n) is 3.07. The third-order valence-corrected chi connectivity index (χ3v) is 3.97. The lowest BCUT2D eigenvalue weighted by molar-refractivity contribution is 0.222. The second kappa shape index (κ2) is 5.34. The summed E-state index contributed by atoms with van der Waals surface area (Å²) in [7, 11) is 0. The van der Waals surface area contributed by atoms with Gasteiger partial charge in [-0.15, -0.1) is 0 Å². The fraction of sp³-hybridized carbons (Fsp3) is 0.417. The van der Waals surface area contributed by atoms with Crippen molar-refractivity contribution in [2.75, 3.05) is 18.4 Å². The van der Waals surface area contributed by atoms with Crippen LogP contribution in [-0.2, 0) is 0 Å². The van der Waals surface area contributed by atoms with E-state index in [0.29, 0.717) is 28.8 Å². The molecule has 6 heteroatoms. The maximum atomic E-state index is 12.0. The van der Waals surface area contributed by atoms with E-state index in [-0.39, 0.29) is 12.1 Å². The minimum absolute atomic E-state index is 0.0678.